The van der Waals surface area contributed by atoms with Gasteiger partial charge in [0.25, 0.3) is 5.91 Å². The van der Waals surface area contributed by atoms with Crippen molar-refractivity contribution < 1.29 is 9.90 Å². The van der Waals surface area contributed by atoms with Crippen LogP contribution in [-0.4, -0.2) is 45.5 Å². The molecule has 2 N–H and O–H groups in total. The van der Waals surface area contributed by atoms with E-state index in [9.17, 15) is 9.90 Å². The van der Waals surface area contributed by atoms with Gasteiger partial charge in [0.2, 0.25) is 0 Å². The minimum Gasteiger partial charge on any atom is -0.508 e. The molecule has 2 fully saturated rings. The second kappa shape index (κ2) is 5.52. The number of hydrogen-bond donors (Lipinski definition) is 2. The van der Waals surface area contributed by atoms with E-state index in [4.69, 9.17) is 0 Å². The number of nitrogens with one attached hydrogen (secondary N) is 1. The standard InChI is InChI=1S/C16H19N3O2S/c20-12-4-5-13-14(8-12)22-18-15(13)16(21)17-10-2-1-3-11-6-7-19(11)9-10/h4-5,8,10-11,20H,1-3,6-7,9H2,(H,17,21)/t10-,11?/m0/s1. The van der Waals surface area contributed by atoms with E-state index in [1.54, 1.807) is 18.2 Å². The number of carbonyl (C=O) groups excluding carboxylic acids is 1. The summed E-state index contributed by atoms with van der Waals surface area (Å²) in [6.07, 6.45) is 4.78. The van der Waals surface area contributed by atoms with E-state index < -0.39 is 0 Å². The molecular formula is C16H19N3O2S. The highest BCUT2D eigenvalue weighted by molar-refractivity contribution is 7.13. The Hall–Kier alpha value is -1.66. The van der Waals surface area contributed by atoms with Crippen LogP contribution in [0.4, 0.5) is 0 Å². The molecule has 1 aromatic heterocycles. The number of fused-ring (bicyclic) bond motifs is 2. The molecular weight excluding hydrogens is 298 g/mol. The first-order chi connectivity index (χ1) is 10.7. The van der Waals surface area contributed by atoms with Gasteiger partial charge in [0.15, 0.2) is 0 Å². The van der Waals surface area contributed by atoms with Crippen LogP contribution in [0.25, 0.3) is 10.1 Å². The molecule has 2 atom stereocenters. The van der Waals surface area contributed by atoms with Crippen molar-refractivity contribution >= 4 is 27.5 Å². The van der Waals surface area contributed by atoms with Gasteiger partial charge in [-0.2, -0.15) is 4.37 Å². The smallest absolute Gasteiger partial charge is 0.271 e. The van der Waals surface area contributed by atoms with E-state index in [-0.39, 0.29) is 17.7 Å². The van der Waals surface area contributed by atoms with Gasteiger partial charge < -0.3 is 10.4 Å². The maximum Gasteiger partial charge on any atom is 0.271 e. The maximum atomic E-state index is 12.5. The third-order valence-corrected chi connectivity index (χ3v) is 5.62. The monoisotopic (exact) mass is 317 g/mol. The highest BCUT2D eigenvalue weighted by Crippen LogP contribution is 2.28. The van der Waals surface area contributed by atoms with Gasteiger partial charge in [0.05, 0.1) is 4.70 Å². The predicted molar refractivity (Wildman–Crippen MR) is 86.4 cm³/mol. The SMILES string of the molecule is O=C(N[C@H]1CCCC2CCN2C1)c1nsc2cc(O)ccc12. The molecule has 3 heterocycles. The molecule has 5 nitrogen and oxygen atoms in total. The Labute approximate surface area is 133 Å². The van der Waals surface area contributed by atoms with E-state index in [0.717, 1.165) is 35.6 Å². The quantitative estimate of drug-likeness (QED) is 0.892. The molecule has 0 aliphatic carbocycles. The predicted octanol–water partition coefficient (Wildman–Crippen LogP) is 2.36. The summed E-state index contributed by atoms with van der Waals surface area (Å²) in [5.74, 6) is 0.108. The molecule has 22 heavy (non-hydrogen) atoms. The van der Waals surface area contributed by atoms with Crippen LogP contribution in [0.2, 0.25) is 0 Å². The molecule has 1 amide bonds. The summed E-state index contributed by atoms with van der Waals surface area (Å²) in [5.41, 5.74) is 0.476. The number of phenolic OH excluding ortho intramolecular Hbond substituents is 1. The highest BCUT2D eigenvalue weighted by atomic mass is 32.1. The van der Waals surface area contributed by atoms with E-state index >= 15 is 0 Å². The Bertz CT molecular complexity index is 714. The Morgan fingerprint density at radius 1 is 1.36 bits per heavy atom. The normalized spacial score (nSPS) is 25.3. The number of amides is 1. The van der Waals surface area contributed by atoms with Crippen LogP contribution < -0.4 is 5.32 Å². The van der Waals surface area contributed by atoms with Crippen molar-refractivity contribution in [3.05, 3.63) is 23.9 Å². The van der Waals surface area contributed by atoms with Crippen LogP contribution in [0, 0.1) is 0 Å². The molecule has 2 aromatic rings. The van der Waals surface area contributed by atoms with Gasteiger partial charge in [-0.05, 0) is 62.0 Å². The number of benzene rings is 1. The lowest BCUT2D eigenvalue weighted by Gasteiger charge is -2.40. The fourth-order valence-electron chi connectivity index (χ4n) is 3.50. The second-order valence-electron chi connectivity index (χ2n) is 6.25. The summed E-state index contributed by atoms with van der Waals surface area (Å²) < 4.78 is 5.12. The van der Waals surface area contributed by atoms with Crippen LogP contribution in [-0.2, 0) is 0 Å². The zero-order chi connectivity index (χ0) is 15.1. The average Bonchev–Trinajstić information content (AvgIpc) is 2.84. The number of phenols is 1. The number of nitrogens with zero attached hydrogens (tertiary/aromatic N) is 2. The van der Waals surface area contributed by atoms with Crippen LogP contribution in [0.5, 0.6) is 5.75 Å². The summed E-state index contributed by atoms with van der Waals surface area (Å²) in [5, 5.41) is 13.5. The Morgan fingerprint density at radius 2 is 2.27 bits per heavy atom. The summed E-state index contributed by atoms with van der Waals surface area (Å²) >= 11 is 1.25. The molecule has 2 saturated heterocycles. The molecule has 0 saturated carbocycles. The topological polar surface area (TPSA) is 65.5 Å². The molecule has 2 aliphatic heterocycles. The summed E-state index contributed by atoms with van der Waals surface area (Å²) in [7, 11) is 0. The number of aromatic hydroxyl groups is 1. The molecule has 1 unspecified atom stereocenters. The van der Waals surface area contributed by atoms with Crippen molar-refractivity contribution in [1.29, 1.82) is 0 Å². The zero-order valence-electron chi connectivity index (χ0n) is 12.3. The van der Waals surface area contributed by atoms with E-state index in [0.29, 0.717) is 5.69 Å². The molecule has 116 valence electrons. The number of carbonyl (C=O) groups is 1. The van der Waals surface area contributed by atoms with Gasteiger partial charge in [-0.15, -0.1) is 0 Å². The van der Waals surface area contributed by atoms with E-state index in [2.05, 4.69) is 14.6 Å². The lowest BCUT2D eigenvalue weighted by Crippen LogP contribution is -2.52. The Balaban J connectivity index is 1.51. The largest absolute Gasteiger partial charge is 0.508 e. The van der Waals surface area contributed by atoms with Crippen molar-refractivity contribution in [3.8, 4) is 5.75 Å². The third-order valence-electron chi connectivity index (χ3n) is 4.82. The first-order valence-electron chi connectivity index (χ1n) is 7.84. The molecule has 0 radical (unpaired) electrons. The van der Waals surface area contributed by atoms with E-state index in [1.165, 1.54) is 30.8 Å². The lowest BCUT2D eigenvalue weighted by atomic mass is 10.00. The van der Waals surface area contributed by atoms with Crippen LogP contribution >= 0.6 is 11.5 Å². The van der Waals surface area contributed by atoms with Gasteiger partial charge in [-0.25, -0.2) is 0 Å². The summed E-state index contributed by atoms with van der Waals surface area (Å²) in [6.45, 7) is 2.12. The fourth-order valence-corrected chi connectivity index (χ4v) is 4.30. The van der Waals surface area contributed by atoms with Gasteiger partial charge in [-0.3, -0.25) is 9.69 Å². The van der Waals surface area contributed by atoms with Crippen LogP contribution in [0.15, 0.2) is 18.2 Å². The summed E-state index contributed by atoms with van der Waals surface area (Å²) in [4.78, 5) is 15.0. The fraction of sp³-hybridized carbons (Fsp3) is 0.500. The highest BCUT2D eigenvalue weighted by Gasteiger charge is 2.33. The molecule has 0 spiro atoms. The van der Waals surface area contributed by atoms with Crippen LogP contribution in [0.3, 0.4) is 0 Å². The molecule has 0 bridgehead atoms. The van der Waals surface area contributed by atoms with Crippen molar-refractivity contribution in [3.63, 3.8) is 0 Å². The average molecular weight is 317 g/mol. The first kappa shape index (κ1) is 14.0. The van der Waals surface area contributed by atoms with Crippen molar-refractivity contribution in [2.75, 3.05) is 13.1 Å². The van der Waals surface area contributed by atoms with Gasteiger partial charge in [-0.1, -0.05) is 0 Å². The Morgan fingerprint density at radius 3 is 3.09 bits per heavy atom. The lowest BCUT2D eigenvalue weighted by molar-refractivity contribution is 0.0787. The Kier molecular flexibility index (Phi) is 3.50. The first-order valence-corrected chi connectivity index (χ1v) is 8.61. The molecule has 2 aliphatic rings. The van der Waals surface area contributed by atoms with Crippen molar-refractivity contribution in [2.24, 2.45) is 0 Å². The molecule has 1 aromatic carbocycles. The third kappa shape index (κ3) is 2.46. The van der Waals surface area contributed by atoms with Gasteiger partial charge in [0.1, 0.15) is 11.4 Å². The number of rotatable bonds is 2. The minimum atomic E-state index is -0.0964. The summed E-state index contributed by atoms with van der Waals surface area (Å²) in [6, 6.07) is 5.97. The second-order valence-corrected chi connectivity index (χ2v) is 7.06. The minimum absolute atomic E-state index is 0.0964. The van der Waals surface area contributed by atoms with Gasteiger partial charge in [0, 0.05) is 24.0 Å². The van der Waals surface area contributed by atoms with Crippen molar-refractivity contribution in [1.82, 2.24) is 14.6 Å². The molecule has 4 rings (SSSR count). The zero-order valence-corrected chi connectivity index (χ0v) is 13.1. The van der Waals surface area contributed by atoms with Crippen LogP contribution in [0.1, 0.15) is 36.2 Å². The maximum absolute atomic E-state index is 12.5. The number of aromatic nitrogens is 1. The number of hydrogen-bond acceptors (Lipinski definition) is 5. The van der Waals surface area contributed by atoms with E-state index in [1.807, 2.05) is 0 Å². The van der Waals surface area contributed by atoms with Crippen molar-refractivity contribution in [2.45, 2.75) is 37.8 Å². The van der Waals surface area contributed by atoms with Gasteiger partial charge >= 0.3 is 0 Å². The molecule has 6 heteroatoms.